The van der Waals surface area contributed by atoms with E-state index in [9.17, 15) is 9.59 Å². The lowest BCUT2D eigenvalue weighted by molar-refractivity contribution is -0.120. The maximum atomic E-state index is 12.6. The standard InChI is InChI=1S/C18H18N2O3/c1-9-6-15(21)23-14-8-12(4-5-13(9)14)20-18(22)16-10-2-3-11(7-10)17(16)19/h2-6,8,10-11,16-17H,7,19H2,1H3,(H,20,22)/t10-,11+,16-,17+/m1/s1. The predicted octanol–water partition coefficient (Wildman–Crippen LogP) is 2.19. The first-order valence-corrected chi connectivity index (χ1v) is 7.82. The molecule has 2 bridgehead atoms. The SMILES string of the molecule is Cc1cc(=O)oc2cc(NC(=O)[C@H]3[C@@H](N)[C@H]4C=C[C@@H]3C4)ccc12. The van der Waals surface area contributed by atoms with Gasteiger partial charge in [0.15, 0.2) is 0 Å². The van der Waals surface area contributed by atoms with Crippen LogP contribution >= 0.6 is 0 Å². The number of anilines is 1. The number of benzene rings is 1. The van der Waals surface area contributed by atoms with Crippen molar-refractivity contribution in [2.75, 3.05) is 5.32 Å². The highest BCUT2D eigenvalue weighted by atomic mass is 16.4. The monoisotopic (exact) mass is 310 g/mol. The van der Waals surface area contributed by atoms with Gasteiger partial charge in [-0.25, -0.2) is 4.79 Å². The van der Waals surface area contributed by atoms with Crippen molar-refractivity contribution in [1.29, 1.82) is 0 Å². The zero-order valence-corrected chi connectivity index (χ0v) is 12.8. The van der Waals surface area contributed by atoms with Crippen LogP contribution in [0, 0.1) is 24.7 Å². The number of hydrogen-bond acceptors (Lipinski definition) is 4. The first kappa shape index (κ1) is 14.2. The molecule has 2 aliphatic carbocycles. The molecule has 1 fully saturated rings. The van der Waals surface area contributed by atoms with Crippen molar-refractivity contribution in [3.63, 3.8) is 0 Å². The molecule has 2 aliphatic rings. The lowest BCUT2D eigenvalue weighted by Crippen LogP contribution is -2.41. The number of fused-ring (bicyclic) bond motifs is 3. The smallest absolute Gasteiger partial charge is 0.336 e. The van der Waals surface area contributed by atoms with Crippen molar-refractivity contribution in [2.45, 2.75) is 19.4 Å². The van der Waals surface area contributed by atoms with E-state index in [0.717, 1.165) is 17.4 Å². The summed E-state index contributed by atoms with van der Waals surface area (Å²) in [6, 6.07) is 6.70. The largest absolute Gasteiger partial charge is 0.423 e. The van der Waals surface area contributed by atoms with Crippen molar-refractivity contribution in [2.24, 2.45) is 23.5 Å². The van der Waals surface area contributed by atoms with E-state index in [1.807, 2.05) is 19.1 Å². The van der Waals surface area contributed by atoms with Crippen molar-refractivity contribution in [3.8, 4) is 0 Å². The molecule has 5 nitrogen and oxygen atoms in total. The van der Waals surface area contributed by atoms with Gasteiger partial charge in [-0.1, -0.05) is 12.2 Å². The maximum absolute atomic E-state index is 12.6. The third kappa shape index (κ3) is 2.28. The van der Waals surface area contributed by atoms with Crippen LogP contribution in [-0.2, 0) is 4.79 Å². The molecular weight excluding hydrogens is 292 g/mol. The molecule has 0 aliphatic heterocycles. The third-order valence-corrected chi connectivity index (χ3v) is 5.04. The summed E-state index contributed by atoms with van der Waals surface area (Å²) in [5.74, 6) is 0.289. The van der Waals surface area contributed by atoms with Gasteiger partial charge in [-0.3, -0.25) is 4.79 Å². The van der Waals surface area contributed by atoms with Gasteiger partial charge in [-0.2, -0.15) is 0 Å². The normalized spacial score (nSPS) is 28.4. The summed E-state index contributed by atoms with van der Waals surface area (Å²) in [4.78, 5) is 24.1. The van der Waals surface area contributed by atoms with Gasteiger partial charge in [0, 0.05) is 29.2 Å². The van der Waals surface area contributed by atoms with Crippen LogP contribution in [0.4, 0.5) is 5.69 Å². The quantitative estimate of drug-likeness (QED) is 0.657. The minimum absolute atomic E-state index is 0.0660. The van der Waals surface area contributed by atoms with Gasteiger partial charge in [-0.05, 0) is 42.9 Å². The molecule has 4 rings (SSSR count). The Labute approximate surface area is 133 Å². The second kappa shape index (κ2) is 5.06. The Morgan fingerprint density at radius 2 is 2.04 bits per heavy atom. The first-order valence-electron chi connectivity index (χ1n) is 7.82. The second-order valence-electron chi connectivity index (χ2n) is 6.50. The fourth-order valence-electron chi connectivity index (χ4n) is 3.86. The number of aryl methyl sites for hydroxylation is 1. The molecule has 1 aromatic carbocycles. The Morgan fingerprint density at radius 3 is 2.78 bits per heavy atom. The minimum Gasteiger partial charge on any atom is -0.423 e. The van der Waals surface area contributed by atoms with E-state index >= 15 is 0 Å². The Hall–Kier alpha value is -2.40. The molecule has 1 saturated carbocycles. The van der Waals surface area contributed by atoms with E-state index in [1.165, 1.54) is 6.07 Å². The van der Waals surface area contributed by atoms with Crippen LogP contribution in [0.2, 0.25) is 0 Å². The van der Waals surface area contributed by atoms with E-state index in [-0.39, 0.29) is 23.8 Å². The minimum atomic E-state index is -0.390. The van der Waals surface area contributed by atoms with Gasteiger partial charge in [0.25, 0.3) is 0 Å². The van der Waals surface area contributed by atoms with Crippen molar-refractivity contribution < 1.29 is 9.21 Å². The van der Waals surface area contributed by atoms with Gasteiger partial charge in [-0.15, -0.1) is 0 Å². The molecule has 118 valence electrons. The maximum Gasteiger partial charge on any atom is 0.336 e. The summed E-state index contributed by atoms with van der Waals surface area (Å²) in [5, 5.41) is 3.78. The molecule has 23 heavy (non-hydrogen) atoms. The van der Waals surface area contributed by atoms with Crippen molar-refractivity contribution in [1.82, 2.24) is 0 Å². The second-order valence-corrected chi connectivity index (χ2v) is 6.50. The lowest BCUT2D eigenvalue weighted by atomic mass is 9.88. The molecule has 0 saturated heterocycles. The number of carbonyl (C=O) groups excluding carboxylic acids is 1. The number of carbonyl (C=O) groups is 1. The summed E-state index contributed by atoms with van der Waals surface area (Å²) in [6.07, 6.45) is 5.18. The van der Waals surface area contributed by atoms with Crippen LogP contribution in [0.1, 0.15) is 12.0 Å². The van der Waals surface area contributed by atoms with E-state index in [2.05, 4.69) is 17.5 Å². The fraction of sp³-hybridized carbons (Fsp3) is 0.333. The van der Waals surface area contributed by atoms with Crippen LogP contribution in [0.25, 0.3) is 11.0 Å². The zero-order chi connectivity index (χ0) is 16.1. The predicted molar refractivity (Wildman–Crippen MR) is 88.1 cm³/mol. The van der Waals surface area contributed by atoms with Gasteiger partial charge in [0.2, 0.25) is 5.91 Å². The van der Waals surface area contributed by atoms with E-state index in [0.29, 0.717) is 17.2 Å². The molecule has 2 aromatic rings. The molecule has 1 amide bonds. The summed E-state index contributed by atoms with van der Waals surface area (Å²) in [6.45, 7) is 1.86. The number of rotatable bonds is 2. The van der Waals surface area contributed by atoms with Gasteiger partial charge in [0.05, 0.1) is 5.92 Å². The molecule has 3 N–H and O–H groups in total. The highest BCUT2D eigenvalue weighted by Gasteiger charge is 2.46. The summed E-state index contributed by atoms with van der Waals surface area (Å²) in [7, 11) is 0. The van der Waals surface area contributed by atoms with Crippen LogP contribution in [0.3, 0.4) is 0 Å². The molecule has 1 heterocycles. The molecular formula is C18H18N2O3. The summed E-state index contributed by atoms with van der Waals surface area (Å²) in [5.41, 5.74) is 7.74. The zero-order valence-electron chi connectivity index (χ0n) is 12.8. The Morgan fingerprint density at radius 1 is 1.26 bits per heavy atom. The molecule has 5 heteroatoms. The van der Waals surface area contributed by atoms with Crippen LogP contribution in [0.5, 0.6) is 0 Å². The number of hydrogen-bond donors (Lipinski definition) is 2. The van der Waals surface area contributed by atoms with Gasteiger partial charge < -0.3 is 15.5 Å². The molecule has 0 unspecified atom stereocenters. The average molecular weight is 310 g/mol. The van der Waals surface area contributed by atoms with E-state index in [4.69, 9.17) is 10.2 Å². The van der Waals surface area contributed by atoms with Crippen LogP contribution in [0.15, 0.2) is 45.6 Å². The van der Waals surface area contributed by atoms with Crippen molar-refractivity contribution >= 4 is 22.6 Å². The Bertz CT molecular complexity index is 883. The Balaban J connectivity index is 1.62. The molecule has 0 spiro atoms. The molecule has 0 radical (unpaired) electrons. The molecule has 4 atom stereocenters. The first-order chi connectivity index (χ1) is 11.0. The molecule has 1 aromatic heterocycles. The number of amides is 1. The highest BCUT2D eigenvalue weighted by molar-refractivity contribution is 5.96. The Kier molecular flexibility index (Phi) is 3.13. The van der Waals surface area contributed by atoms with Crippen LogP contribution in [-0.4, -0.2) is 11.9 Å². The summed E-state index contributed by atoms with van der Waals surface area (Å²) < 4.78 is 5.22. The van der Waals surface area contributed by atoms with E-state index < -0.39 is 5.63 Å². The topological polar surface area (TPSA) is 85.3 Å². The highest BCUT2D eigenvalue weighted by Crippen LogP contribution is 2.43. The van der Waals surface area contributed by atoms with Crippen molar-refractivity contribution in [3.05, 3.63) is 52.4 Å². The average Bonchev–Trinajstić information content (AvgIpc) is 3.07. The lowest BCUT2D eigenvalue weighted by Gasteiger charge is -2.23. The van der Waals surface area contributed by atoms with Gasteiger partial charge in [0.1, 0.15) is 5.58 Å². The van der Waals surface area contributed by atoms with Gasteiger partial charge >= 0.3 is 5.63 Å². The van der Waals surface area contributed by atoms with Crippen LogP contribution < -0.4 is 16.7 Å². The number of nitrogens with two attached hydrogens (primary N) is 1. The number of allylic oxidation sites excluding steroid dienone is 1. The summed E-state index contributed by atoms with van der Waals surface area (Å²) >= 11 is 0. The fourth-order valence-corrected chi connectivity index (χ4v) is 3.86. The van der Waals surface area contributed by atoms with E-state index in [1.54, 1.807) is 6.07 Å². The number of nitrogens with one attached hydrogen (secondary N) is 1. The third-order valence-electron chi connectivity index (χ3n) is 5.04.